The third-order valence-corrected chi connectivity index (χ3v) is 4.86. The summed E-state index contributed by atoms with van der Waals surface area (Å²) in [5, 5.41) is 1.95. The number of alkyl halides is 3. The van der Waals surface area contributed by atoms with E-state index in [1.807, 2.05) is 0 Å². The second-order valence-electron chi connectivity index (χ2n) is 6.71. The SMILES string of the molecule is O=C1NC(=S)N(c2cccc(C(F)(F)F)c2)C(=O)/C1=C/c1ccc(-c2ccc(F)cc2)o1. The molecule has 1 aromatic heterocycles. The summed E-state index contributed by atoms with van der Waals surface area (Å²) in [5.74, 6) is -1.64. The largest absolute Gasteiger partial charge is 0.457 e. The van der Waals surface area contributed by atoms with Gasteiger partial charge in [-0.3, -0.25) is 19.8 Å². The van der Waals surface area contributed by atoms with Gasteiger partial charge in [0.15, 0.2) is 5.11 Å². The summed E-state index contributed by atoms with van der Waals surface area (Å²) < 4.78 is 57.9. The number of benzene rings is 2. The standard InChI is InChI=1S/C22H12F4N2O3S/c23-14-6-4-12(5-7-14)18-9-8-16(31-18)11-17-19(29)27-21(32)28(20(17)30)15-3-1-2-13(10-15)22(24,25)26/h1-11H,(H,27,29,32)/b17-11+. The summed E-state index contributed by atoms with van der Waals surface area (Å²) in [4.78, 5) is 26.1. The predicted molar refractivity (Wildman–Crippen MR) is 112 cm³/mol. The Labute approximate surface area is 183 Å². The van der Waals surface area contributed by atoms with Crippen molar-refractivity contribution in [1.82, 2.24) is 5.32 Å². The van der Waals surface area contributed by atoms with Crippen LogP contribution in [-0.4, -0.2) is 16.9 Å². The van der Waals surface area contributed by atoms with Crippen molar-refractivity contribution in [2.24, 2.45) is 0 Å². The summed E-state index contributed by atoms with van der Waals surface area (Å²) in [7, 11) is 0. The summed E-state index contributed by atoms with van der Waals surface area (Å²) in [6, 6.07) is 12.6. The van der Waals surface area contributed by atoms with E-state index < -0.39 is 29.4 Å². The zero-order chi connectivity index (χ0) is 23.0. The molecule has 10 heteroatoms. The average molecular weight is 460 g/mol. The van der Waals surface area contributed by atoms with Crippen molar-refractivity contribution < 1.29 is 31.6 Å². The number of halogens is 4. The smallest absolute Gasteiger partial charge is 0.416 e. The van der Waals surface area contributed by atoms with E-state index in [9.17, 15) is 27.2 Å². The second-order valence-corrected chi connectivity index (χ2v) is 7.10. The average Bonchev–Trinajstić information content (AvgIpc) is 3.20. The van der Waals surface area contributed by atoms with Crippen molar-refractivity contribution in [2.75, 3.05) is 4.90 Å². The number of carbonyl (C=O) groups is 2. The van der Waals surface area contributed by atoms with Crippen LogP contribution in [0.5, 0.6) is 0 Å². The van der Waals surface area contributed by atoms with Gasteiger partial charge in [0.1, 0.15) is 22.9 Å². The molecule has 2 heterocycles. The van der Waals surface area contributed by atoms with Crippen LogP contribution < -0.4 is 10.2 Å². The van der Waals surface area contributed by atoms with Crippen LogP contribution in [0.4, 0.5) is 23.2 Å². The molecule has 0 spiro atoms. The predicted octanol–water partition coefficient (Wildman–Crippen LogP) is 4.94. The summed E-state index contributed by atoms with van der Waals surface area (Å²) in [6.45, 7) is 0. The molecule has 1 fully saturated rings. The van der Waals surface area contributed by atoms with Crippen LogP contribution in [0.1, 0.15) is 11.3 Å². The Hall–Kier alpha value is -3.79. The van der Waals surface area contributed by atoms with E-state index in [1.54, 1.807) is 6.07 Å². The molecule has 1 aliphatic rings. The van der Waals surface area contributed by atoms with Gasteiger partial charge in [-0.25, -0.2) is 4.39 Å². The van der Waals surface area contributed by atoms with Crippen molar-refractivity contribution in [1.29, 1.82) is 0 Å². The number of nitrogens with one attached hydrogen (secondary N) is 1. The minimum Gasteiger partial charge on any atom is -0.457 e. The normalized spacial score (nSPS) is 15.9. The van der Waals surface area contributed by atoms with E-state index in [4.69, 9.17) is 16.6 Å². The molecule has 32 heavy (non-hydrogen) atoms. The first-order valence-electron chi connectivity index (χ1n) is 9.08. The van der Waals surface area contributed by atoms with Crippen LogP contribution in [0.3, 0.4) is 0 Å². The molecule has 4 rings (SSSR count). The highest BCUT2D eigenvalue weighted by Crippen LogP contribution is 2.33. The van der Waals surface area contributed by atoms with Gasteiger partial charge in [0.05, 0.1) is 11.3 Å². The number of rotatable bonds is 3. The minimum absolute atomic E-state index is 0.139. The highest BCUT2D eigenvalue weighted by atomic mass is 32.1. The molecule has 0 aliphatic carbocycles. The first kappa shape index (κ1) is 21.4. The van der Waals surface area contributed by atoms with E-state index in [0.717, 1.165) is 29.2 Å². The lowest BCUT2D eigenvalue weighted by molar-refractivity contribution is -0.137. The fraction of sp³-hybridized carbons (Fsp3) is 0.0455. The number of thiocarbonyl (C=S) groups is 1. The molecule has 0 unspecified atom stereocenters. The molecule has 1 N–H and O–H groups in total. The molecule has 2 amide bonds. The molecular weight excluding hydrogens is 448 g/mol. The molecule has 2 aromatic carbocycles. The van der Waals surface area contributed by atoms with E-state index >= 15 is 0 Å². The Morgan fingerprint density at radius 1 is 1.00 bits per heavy atom. The van der Waals surface area contributed by atoms with E-state index in [1.165, 1.54) is 36.4 Å². The molecule has 3 aromatic rings. The molecule has 5 nitrogen and oxygen atoms in total. The molecule has 0 saturated carbocycles. The highest BCUT2D eigenvalue weighted by Gasteiger charge is 2.36. The summed E-state index contributed by atoms with van der Waals surface area (Å²) in [5.41, 5.74) is -0.923. The Bertz CT molecular complexity index is 1260. The van der Waals surface area contributed by atoms with Crippen molar-refractivity contribution in [3.8, 4) is 11.3 Å². The first-order valence-corrected chi connectivity index (χ1v) is 9.49. The van der Waals surface area contributed by atoms with Gasteiger partial charge >= 0.3 is 6.18 Å². The Morgan fingerprint density at radius 2 is 1.72 bits per heavy atom. The Morgan fingerprint density at radius 3 is 2.41 bits per heavy atom. The van der Waals surface area contributed by atoms with Gasteiger partial charge in [-0.15, -0.1) is 0 Å². The number of anilines is 1. The topological polar surface area (TPSA) is 62.6 Å². The van der Waals surface area contributed by atoms with Crippen LogP contribution in [0.15, 0.2) is 70.7 Å². The molecule has 1 saturated heterocycles. The molecular formula is C22H12F4N2O3S. The summed E-state index contributed by atoms with van der Waals surface area (Å²) >= 11 is 5.01. The number of hydrogen-bond acceptors (Lipinski definition) is 4. The molecule has 0 radical (unpaired) electrons. The van der Waals surface area contributed by atoms with Gasteiger partial charge in [0.25, 0.3) is 11.8 Å². The molecule has 0 bridgehead atoms. The maximum Gasteiger partial charge on any atom is 0.416 e. The van der Waals surface area contributed by atoms with Crippen LogP contribution in [0.25, 0.3) is 17.4 Å². The van der Waals surface area contributed by atoms with Crippen LogP contribution >= 0.6 is 12.2 Å². The van der Waals surface area contributed by atoms with Gasteiger partial charge in [0.2, 0.25) is 0 Å². The molecule has 162 valence electrons. The number of carbonyl (C=O) groups excluding carboxylic acids is 2. The highest BCUT2D eigenvalue weighted by molar-refractivity contribution is 7.80. The zero-order valence-electron chi connectivity index (χ0n) is 15.9. The number of nitrogens with zero attached hydrogens (tertiary/aromatic N) is 1. The first-order chi connectivity index (χ1) is 15.1. The maximum atomic E-state index is 13.1. The Kier molecular flexibility index (Phi) is 5.39. The van der Waals surface area contributed by atoms with Gasteiger partial charge in [-0.2, -0.15) is 13.2 Å². The van der Waals surface area contributed by atoms with Gasteiger partial charge in [-0.1, -0.05) is 6.07 Å². The van der Waals surface area contributed by atoms with Crippen molar-refractivity contribution >= 4 is 40.9 Å². The monoisotopic (exact) mass is 460 g/mol. The lowest BCUT2D eigenvalue weighted by atomic mass is 10.1. The third-order valence-electron chi connectivity index (χ3n) is 4.58. The fourth-order valence-electron chi connectivity index (χ4n) is 3.06. The molecule has 1 aliphatic heterocycles. The van der Waals surface area contributed by atoms with Gasteiger partial charge in [-0.05, 0) is 72.9 Å². The van der Waals surface area contributed by atoms with Gasteiger partial charge < -0.3 is 4.42 Å². The third kappa shape index (κ3) is 4.17. The lowest BCUT2D eigenvalue weighted by Crippen LogP contribution is -2.54. The van der Waals surface area contributed by atoms with Crippen molar-refractivity contribution in [2.45, 2.75) is 6.18 Å². The lowest BCUT2D eigenvalue weighted by Gasteiger charge is -2.29. The van der Waals surface area contributed by atoms with E-state index in [2.05, 4.69) is 5.32 Å². The number of furan rings is 1. The second kappa shape index (κ2) is 8.04. The number of hydrogen-bond donors (Lipinski definition) is 1. The van der Waals surface area contributed by atoms with Crippen LogP contribution in [-0.2, 0) is 15.8 Å². The summed E-state index contributed by atoms with van der Waals surface area (Å²) in [6.07, 6.45) is -3.46. The quantitative estimate of drug-likeness (QED) is 0.261. The maximum absolute atomic E-state index is 13.1. The van der Waals surface area contributed by atoms with Gasteiger partial charge in [0, 0.05) is 5.56 Å². The fourth-order valence-corrected chi connectivity index (χ4v) is 3.34. The number of amides is 2. The van der Waals surface area contributed by atoms with E-state index in [-0.39, 0.29) is 22.1 Å². The Balaban J connectivity index is 1.67. The van der Waals surface area contributed by atoms with Crippen molar-refractivity contribution in [3.05, 3.63) is 83.4 Å². The zero-order valence-corrected chi connectivity index (χ0v) is 16.8. The van der Waals surface area contributed by atoms with Crippen molar-refractivity contribution in [3.63, 3.8) is 0 Å². The minimum atomic E-state index is -4.62. The molecule has 0 atom stereocenters. The van der Waals surface area contributed by atoms with E-state index in [0.29, 0.717) is 11.3 Å². The van der Waals surface area contributed by atoms with Crippen LogP contribution in [0.2, 0.25) is 0 Å². The van der Waals surface area contributed by atoms with Crippen LogP contribution in [0, 0.1) is 5.82 Å².